The first-order chi connectivity index (χ1) is 10.1. The highest BCUT2D eigenvalue weighted by Gasteiger charge is 2.10. The number of aromatic nitrogens is 2. The van der Waals surface area contributed by atoms with Gasteiger partial charge in [-0.25, -0.2) is 9.97 Å². The molecule has 0 aliphatic heterocycles. The average molecular weight is 319 g/mol. The minimum atomic E-state index is 0.375. The number of rotatable bonds is 2. The Kier molecular flexibility index (Phi) is 3.70. The van der Waals surface area contributed by atoms with Gasteiger partial charge in [-0.2, -0.15) is 0 Å². The molecule has 0 bridgehead atoms. The van der Waals surface area contributed by atoms with Crippen molar-refractivity contribution in [1.29, 1.82) is 0 Å². The molecular formula is C16H12Cl2N2O. The van der Waals surface area contributed by atoms with E-state index in [9.17, 15) is 0 Å². The summed E-state index contributed by atoms with van der Waals surface area (Å²) in [5.41, 5.74) is 1.56. The highest BCUT2D eigenvalue weighted by atomic mass is 35.5. The van der Waals surface area contributed by atoms with Crippen LogP contribution in [0.5, 0.6) is 5.75 Å². The molecule has 0 radical (unpaired) electrons. The summed E-state index contributed by atoms with van der Waals surface area (Å²) in [5, 5.41) is 2.91. The molecule has 21 heavy (non-hydrogen) atoms. The number of ether oxygens (including phenoxy) is 1. The van der Waals surface area contributed by atoms with Gasteiger partial charge in [0.2, 0.25) is 0 Å². The molecule has 0 unspecified atom stereocenters. The molecule has 5 heteroatoms. The highest BCUT2D eigenvalue weighted by molar-refractivity contribution is 6.34. The van der Waals surface area contributed by atoms with Crippen molar-refractivity contribution in [3.05, 3.63) is 52.3 Å². The smallest absolute Gasteiger partial charge is 0.162 e. The van der Waals surface area contributed by atoms with Crippen LogP contribution >= 0.6 is 23.2 Å². The van der Waals surface area contributed by atoms with E-state index in [1.165, 1.54) is 0 Å². The molecule has 106 valence electrons. The summed E-state index contributed by atoms with van der Waals surface area (Å²) in [6, 6.07) is 11.8. The maximum atomic E-state index is 6.07. The molecule has 0 fully saturated rings. The molecule has 0 aliphatic carbocycles. The van der Waals surface area contributed by atoms with E-state index in [2.05, 4.69) is 9.97 Å². The van der Waals surface area contributed by atoms with E-state index in [4.69, 9.17) is 27.9 Å². The van der Waals surface area contributed by atoms with E-state index in [-0.39, 0.29) is 0 Å². The van der Waals surface area contributed by atoms with Crippen molar-refractivity contribution in [2.45, 2.75) is 6.92 Å². The van der Waals surface area contributed by atoms with Crippen LogP contribution in [-0.4, -0.2) is 17.1 Å². The molecule has 0 saturated carbocycles. The normalized spacial score (nSPS) is 10.9. The lowest BCUT2D eigenvalue weighted by molar-refractivity contribution is 0.415. The van der Waals surface area contributed by atoms with Crippen molar-refractivity contribution < 1.29 is 4.74 Å². The number of nitrogens with zero attached hydrogens (tertiary/aromatic N) is 2. The highest BCUT2D eigenvalue weighted by Crippen LogP contribution is 2.28. The Morgan fingerprint density at radius 2 is 1.52 bits per heavy atom. The number of hydrogen-bond donors (Lipinski definition) is 0. The zero-order valence-corrected chi connectivity index (χ0v) is 13.0. The summed E-state index contributed by atoms with van der Waals surface area (Å²) >= 11 is 12.1. The van der Waals surface area contributed by atoms with Crippen molar-refractivity contribution >= 4 is 34.0 Å². The first kappa shape index (κ1) is 14.1. The van der Waals surface area contributed by atoms with Crippen LogP contribution in [0.4, 0.5) is 0 Å². The van der Waals surface area contributed by atoms with Gasteiger partial charge in [-0.05, 0) is 35.9 Å². The standard InChI is InChI=1S/C16H12Cl2N2O/c1-9-14(17)19-16(20-15(9)18)12-4-3-11-8-13(21-2)6-5-10(11)7-12/h3-8H,1-2H3. The molecule has 1 aromatic heterocycles. The van der Waals surface area contributed by atoms with Gasteiger partial charge in [0.1, 0.15) is 16.1 Å². The van der Waals surface area contributed by atoms with Crippen molar-refractivity contribution in [1.82, 2.24) is 9.97 Å². The fraction of sp³-hybridized carbons (Fsp3) is 0.125. The minimum Gasteiger partial charge on any atom is -0.497 e. The lowest BCUT2D eigenvalue weighted by Gasteiger charge is -2.07. The predicted octanol–water partition coefficient (Wildman–Crippen LogP) is 4.92. The van der Waals surface area contributed by atoms with Crippen LogP contribution in [0.15, 0.2) is 36.4 Å². The zero-order valence-electron chi connectivity index (χ0n) is 11.5. The third kappa shape index (κ3) is 2.67. The first-order valence-corrected chi connectivity index (χ1v) is 7.12. The Morgan fingerprint density at radius 3 is 2.19 bits per heavy atom. The van der Waals surface area contributed by atoms with Crippen LogP contribution in [0.2, 0.25) is 10.3 Å². The van der Waals surface area contributed by atoms with Crippen LogP contribution in [0.25, 0.3) is 22.2 Å². The second-order valence-corrected chi connectivity index (χ2v) is 5.40. The van der Waals surface area contributed by atoms with Gasteiger partial charge in [-0.1, -0.05) is 41.4 Å². The zero-order chi connectivity index (χ0) is 15.0. The molecule has 0 amide bonds. The monoisotopic (exact) mass is 318 g/mol. The largest absolute Gasteiger partial charge is 0.497 e. The van der Waals surface area contributed by atoms with Crippen LogP contribution in [0, 0.1) is 6.92 Å². The van der Waals surface area contributed by atoms with E-state index in [1.807, 2.05) is 36.4 Å². The molecule has 0 aliphatic rings. The van der Waals surface area contributed by atoms with Crippen molar-refractivity contribution in [3.8, 4) is 17.1 Å². The predicted molar refractivity (Wildman–Crippen MR) is 86.3 cm³/mol. The Balaban J connectivity index is 2.13. The Morgan fingerprint density at radius 1 is 0.905 bits per heavy atom. The topological polar surface area (TPSA) is 35.0 Å². The van der Waals surface area contributed by atoms with Crippen LogP contribution in [0.1, 0.15) is 5.56 Å². The maximum Gasteiger partial charge on any atom is 0.162 e. The van der Waals surface area contributed by atoms with Crippen molar-refractivity contribution in [3.63, 3.8) is 0 Å². The van der Waals surface area contributed by atoms with Crippen molar-refractivity contribution in [2.75, 3.05) is 7.11 Å². The Labute approximate surface area is 132 Å². The Hall–Kier alpha value is -1.84. The second-order valence-electron chi connectivity index (χ2n) is 4.68. The summed E-state index contributed by atoms with van der Waals surface area (Å²) < 4.78 is 5.22. The van der Waals surface area contributed by atoms with Gasteiger partial charge in [-0.15, -0.1) is 0 Å². The lowest BCUT2D eigenvalue weighted by Crippen LogP contribution is -1.94. The molecule has 0 saturated heterocycles. The van der Waals surface area contributed by atoms with Gasteiger partial charge in [0.05, 0.1) is 7.11 Å². The third-order valence-corrected chi connectivity index (χ3v) is 4.07. The number of benzene rings is 2. The van der Waals surface area contributed by atoms with Crippen molar-refractivity contribution in [2.24, 2.45) is 0 Å². The molecule has 3 aromatic rings. The van der Waals surface area contributed by atoms with E-state index in [1.54, 1.807) is 14.0 Å². The van der Waals surface area contributed by atoms with Crippen LogP contribution in [0.3, 0.4) is 0 Å². The summed E-state index contributed by atoms with van der Waals surface area (Å²) in [4.78, 5) is 8.58. The van der Waals surface area contributed by atoms with Crippen LogP contribution in [-0.2, 0) is 0 Å². The van der Waals surface area contributed by atoms with E-state index < -0.39 is 0 Å². The van der Waals surface area contributed by atoms with Crippen LogP contribution < -0.4 is 4.74 Å². The molecule has 0 N–H and O–H groups in total. The van der Waals surface area contributed by atoms with Gasteiger partial charge >= 0.3 is 0 Å². The molecule has 1 heterocycles. The van der Waals surface area contributed by atoms with Gasteiger partial charge in [0.25, 0.3) is 0 Å². The minimum absolute atomic E-state index is 0.375. The SMILES string of the molecule is COc1ccc2cc(-c3nc(Cl)c(C)c(Cl)n3)ccc2c1. The maximum absolute atomic E-state index is 6.07. The number of hydrogen-bond acceptors (Lipinski definition) is 3. The Bertz CT molecular complexity index is 811. The molecular weight excluding hydrogens is 307 g/mol. The second kappa shape index (κ2) is 5.51. The van der Waals surface area contributed by atoms with Gasteiger partial charge in [-0.3, -0.25) is 0 Å². The van der Waals surface area contributed by atoms with Gasteiger partial charge < -0.3 is 4.74 Å². The van der Waals surface area contributed by atoms with Gasteiger partial charge in [0, 0.05) is 11.1 Å². The summed E-state index contributed by atoms with van der Waals surface area (Å²) in [5.74, 6) is 1.35. The molecule has 3 nitrogen and oxygen atoms in total. The summed E-state index contributed by atoms with van der Waals surface area (Å²) in [6.45, 7) is 1.79. The average Bonchev–Trinajstić information content (AvgIpc) is 2.51. The lowest BCUT2D eigenvalue weighted by atomic mass is 10.1. The fourth-order valence-corrected chi connectivity index (χ4v) is 2.47. The molecule has 3 rings (SSSR count). The third-order valence-electron chi connectivity index (χ3n) is 3.33. The number of halogens is 2. The number of fused-ring (bicyclic) bond motifs is 1. The van der Waals surface area contributed by atoms with E-state index in [0.29, 0.717) is 21.7 Å². The fourth-order valence-electron chi connectivity index (χ4n) is 2.08. The molecule has 0 spiro atoms. The summed E-state index contributed by atoms with van der Waals surface area (Å²) in [7, 11) is 1.65. The first-order valence-electron chi connectivity index (χ1n) is 6.36. The van der Waals surface area contributed by atoms with Gasteiger partial charge in [0.15, 0.2) is 5.82 Å². The molecule has 0 atom stereocenters. The van der Waals surface area contributed by atoms with E-state index >= 15 is 0 Å². The number of methoxy groups -OCH3 is 1. The molecule has 2 aromatic carbocycles. The quantitative estimate of drug-likeness (QED) is 0.629. The summed E-state index contributed by atoms with van der Waals surface area (Å²) in [6.07, 6.45) is 0. The van der Waals surface area contributed by atoms with E-state index in [0.717, 1.165) is 22.1 Å².